The summed E-state index contributed by atoms with van der Waals surface area (Å²) in [4.78, 5) is 20.7. The zero-order valence-corrected chi connectivity index (χ0v) is 6.38. The Balaban J connectivity index is 2.86. The summed E-state index contributed by atoms with van der Waals surface area (Å²) in [6.45, 7) is 0. The van der Waals surface area contributed by atoms with Gasteiger partial charge in [-0.2, -0.15) is 0 Å². The number of hydrazine groups is 1. The largest absolute Gasteiger partial charge is 0.351 e. The Labute approximate surface area is 72.4 Å². The SMILES string of the molecule is O=C(c1ccccc1)N(F)[N+](=O)[O-]. The van der Waals surface area contributed by atoms with Crippen LogP contribution >= 0.6 is 0 Å². The minimum atomic E-state index is -1.42. The molecular weight excluding hydrogens is 179 g/mol. The number of carbonyl (C=O) groups is 1. The van der Waals surface area contributed by atoms with Gasteiger partial charge in [0.15, 0.2) is 5.03 Å². The first-order valence-electron chi connectivity index (χ1n) is 3.32. The molecule has 0 saturated heterocycles. The van der Waals surface area contributed by atoms with Crippen molar-refractivity contribution in [3.63, 3.8) is 0 Å². The second-order valence-corrected chi connectivity index (χ2v) is 2.17. The minimum Gasteiger partial charge on any atom is -0.259 e. The second-order valence-electron chi connectivity index (χ2n) is 2.17. The van der Waals surface area contributed by atoms with Crippen LogP contribution in [0.15, 0.2) is 30.3 Å². The molecule has 0 fully saturated rings. The summed E-state index contributed by atoms with van der Waals surface area (Å²) >= 11 is 0. The molecule has 6 heteroatoms. The normalized spacial score (nSPS) is 9.31. The molecule has 1 aromatic rings. The monoisotopic (exact) mass is 184 g/mol. The van der Waals surface area contributed by atoms with Gasteiger partial charge in [-0.15, -0.1) is 0 Å². The van der Waals surface area contributed by atoms with E-state index in [1.807, 2.05) is 0 Å². The molecule has 0 atom stereocenters. The third-order valence-electron chi connectivity index (χ3n) is 1.33. The molecule has 0 spiro atoms. The van der Waals surface area contributed by atoms with Gasteiger partial charge in [-0.3, -0.25) is 4.79 Å². The van der Waals surface area contributed by atoms with Crippen molar-refractivity contribution in [1.82, 2.24) is 5.23 Å². The first kappa shape index (κ1) is 9.11. The molecule has 0 radical (unpaired) electrons. The lowest BCUT2D eigenvalue weighted by atomic mass is 10.2. The smallest absolute Gasteiger partial charge is 0.259 e. The fourth-order valence-corrected chi connectivity index (χ4v) is 0.761. The van der Waals surface area contributed by atoms with Crippen LogP contribution in [0.25, 0.3) is 0 Å². The zero-order chi connectivity index (χ0) is 9.84. The van der Waals surface area contributed by atoms with E-state index in [4.69, 9.17) is 0 Å². The van der Waals surface area contributed by atoms with Crippen LogP contribution in [0.5, 0.6) is 0 Å². The first-order valence-corrected chi connectivity index (χ1v) is 3.32. The Kier molecular flexibility index (Phi) is 2.53. The summed E-state index contributed by atoms with van der Waals surface area (Å²) in [5.41, 5.74) is -0.0679. The number of hydrogen-bond acceptors (Lipinski definition) is 3. The topological polar surface area (TPSA) is 63.5 Å². The van der Waals surface area contributed by atoms with E-state index in [1.165, 1.54) is 24.3 Å². The molecule has 13 heavy (non-hydrogen) atoms. The number of hydrogen-bond donors (Lipinski definition) is 0. The summed E-state index contributed by atoms with van der Waals surface area (Å²) in [5, 5.41) is 7.38. The van der Waals surface area contributed by atoms with Crippen LogP contribution in [0.2, 0.25) is 0 Å². The predicted octanol–water partition coefficient (Wildman–Crippen LogP) is 1.20. The van der Waals surface area contributed by atoms with Crippen LogP contribution in [0, 0.1) is 10.1 Å². The molecule has 1 rings (SSSR count). The fourth-order valence-electron chi connectivity index (χ4n) is 0.761. The van der Waals surface area contributed by atoms with Crippen molar-refractivity contribution in [1.29, 1.82) is 0 Å². The van der Waals surface area contributed by atoms with Crippen LogP contribution in [-0.2, 0) is 0 Å². The van der Waals surface area contributed by atoms with E-state index >= 15 is 0 Å². The van der Waals surface area contributed by atoms with Crippen molar-refractivity contribution >= 4 is 5.91 Å². The third kappa shape index (κ3) is 1.98. The Hall–Kier alpha value is -1.98. The fraction of sp³-hybridized carbons (Fsp3) is 0. The van der Waals surface area contributed by atoms with Gasteiger partial charge in [-0.05, 0) is 16.6 Å². The summed E-state index contributed by atoms with van der Waals surface area (Å²) in [6, 6.07) is 7.17. The highest BCUT2D eigenvalue weighted by molar-refractivity contribution is 5.92. The van der Waals surface area contributed by atoms with Gasteiger partial charge in [0.25, 0.3) is 0 Å². The van der Waals surface area contributed by atoms with Crippen molar-refractivity contribution in [2.24, 2.45) is 0 Å². The first-order chi connectivity index (χ1) is 6.13. The molecule has 0 aromatic heterocycles. The Morgan fingerprint density at radius 3 is 2.38 bits per heavy atom. The highest BCUT2D eigenvalue weighted by atomic mass is 19.2. The van der Waals surface area contributed by atoms with Crippen molar-refractivity contribution in [2.45, 2.75) is 0 Å². The average molecular weight is 184 g/mol. The summed E-state index contributed by atoms with van der Waals surface area (Å²) < 4.78 is 12.4. The van der Waals surface area contributed by atoms with Gasteiger partial charge in [0.1, 0.15) is 5.23 Å². The lowest BCUT2D eigenvalue weighted by Gasteiger charge is -2.00. The van der Waals surface area contributed by atoms with Crippen LogP contribution in [-0.4, -0.2) is 16.2 Å². The second kappa shape index (κ2) is 3.61. The van der Waals surface area contributed by atoms with E-state index in [0.717, 1.165) is 0 Å². The molecule has 0 unspecified atom stereocenters. The highest BCUT2D eigenvalue weighted by Crippen LogP contribution is 2.04. The van der Waals surface area contributed by atoms with Gasteiger partial charge < -0.3 is 0 Å². The molecular formula is C7H5FN2O3. The third-order valence-corrected chi connectivity index (χ3v) is 1.33. The lowest BCUT2D eigenvalue weighted by Crippen LogP contribution is -2.28. The van der Waals surface area contributed by atoms with Crippen LogP contribution in [0.3, 0.4) is 0 Å². The molecule has 5 nitrogen and oxygen atoms in total. The Bertz CT molecular complexity index is 328. The van der Waals surface area contributed by atoms with E-state index in [0.29, 0.717) is 0 Å². The molecule has 0 bridgehead atoms. The number of carbonyl (C=O) groups excluding carboxylic acids is 1. The molecule has 0 aliphatic heterocycles. The molecule has 0 aliphatic carbocycles. The van der Waals surface area contributed by atoms with Gasteiger partial charge in [0, 0.05) is 5.56 Å². The van der Waals surface area contributed by atoms with E-state index in [1.54, 1.807) is 6.07 Å². The summed E-state index contributed by atoms with van der Waals surface area (Å²) in [5.74, 6) is -1.29. The van der Waals surface area contributed by atoms with Crippen molar-refractivity contribution < 1.29 is 14.3 Å². The molecule has 68 valence electrons. The van der Waals surface area contributed by atoms with E-state index in [-0.39, 0.29) is 5.56 Å². The Morgan fingerprint density at radius 2 is 1.92 bits per heavy atom. The van der Waals surface area contributed by atoms with Gasteiger partial charge in [0.05, 0.1) is 0 Å². The maximum absolute atomic E-state index is 12.4. The van der Waals surface area contributed by atoms with Gasteiger partial charge in [0.2, 0.25) is 0 Å². The van der Waals surface area contributed by atoms with Crippen molar-refractivity contribution in [3.8, 4) is 0 Å². The van der Waals surface area contributed by atoms with Crippen LogP contribution in [0.4, 0.5) is 4.48 Å². The summed E-state index contributed by atoms with van der Waals surface area (Å²) in [7, 11) is 0. The van der Waals surface area contributed by atoms with Crippen LogP contribution in [0.1, 0.15) is 10.4 Å². The number of nitrogens with zero attached hydrogens (tertiary/aromatic N) is 2. The predicted molar refractivity (Wildman–Crippen MR) is 40.7 cm³/mol. The number of rotatable bonds is 2. The minimum absolute atomic E-state index is 0.0679. The van der Waals surface area contributed by atoms with E-state index in [2.05, 4.69) is 0 Å². The van der Waals surface area contributed by atoms with E-state index in [9.17, 15) is 19.4 Å². The standard InChI is InChI=1S/C7H5FN2O3/c8-9(10(12)13)7(11)6-4-2-1-3-5-6/h1-5H. The maximum atomic E-state index is 12.4. The molecule has 1 amide bonds. The number of amides is 1. The molecule has 0 N–H and O–H groups in total. The number of benzene rings is 1. The average Bonchev–Trinajstić information content (AvgIpc) is 2.17. The van der Waals surface area contributed by atoms with Gasteiger partial charge in [-0.1, -0.05) is 18.2 Å². The summed E-state index contributed by atoms with van der Waals surface area (Å²) in [6.07, 6.45) is 0. The number of halogens is 1. The Morgan fingerprint density at radius 1 is 1.38 bits per heavy atom. The molecule has 0 saturated carbocycles. The lowest BCUT2D eigenvalue weighted by molar-refractivity contribution is -0.679. The molecule has 0 aliphatic rings. The highest BCUT2D eigenvalue weighted by Gasteiger charge is 2.25. The zero-order valence-electron chi connectivity index (χ0n) is 6.38. The van der Waals surface area contributed by atoms with E-state index < -0.39 is 16.2 Å². The van der Waals surface area contributed by atoms with Crippen LogP contribution < -0.4 is 0 Å². The van der Waals surface area contributed by atoms with Gasteiger partial charge >= 0.3 is 5.91 Å². The van der Waals surface area contributed by atoms with Gasteiger partial charge in [-0.25, -0.2) is 10.1 Å². The van der Waals surface area contributed by atoms with Crippen molar-refractivity contribution in [3.05, 3.63) is 46.0 Å². The molecule has 0 heterocycles. The maximum Gasteiger partial charge on any atom is 0.351 e. The number of nitro groups is 1. The van der Waals surface area contributed by atoms with Crippen molar-refractivity contribution in [2.75, 3.05) is 0 Å². The molecule has 1 aromatic carbocycles. The quantitative estimate of drug-likeness (QED) is 0.394.